The number of hydrogen-bond donors (Lipinski definition) is 0. The van der Waals surface area contributed by atoms with Gasteiger partial charge in [-0.25, -0.2) is 0 Å². The molecular formula is C17H21NO2. The van der Waals surface area contributed by atoms with E-state index in [1.54, 1.807) is 0 Å². The molecule has 1 aromatic rings. The minimum Gasteiger partial charge on any atom is -0.493 e. The Balaban J connectivity index is 1.98. The van der Waals surface area contributed by atoms with Crippen molar-refractivity contribution in [3.05, 3.63) is 41.5 Å². The van der Waals surface area contributed by atoms with Crippen LogP contribution in [0.5, 0.6) is 5.75 Å². The van der Waals surface area contributed by atoms with E-state index in [0.717, 1.165) is 36.1 Å². The van der Waals surface area contributed by atoms with E-state index in [1.807, 2.05) is 31.2 Å². The number of fused-ring (bicyclic) bond motifs is 1. The van der Waals surface area contributed by atoms with Crippen molar-refractivity contribution in [2.24, 2.45) is 0 Å². The van der Waals surface area contributed by atoms with E-state index in [9.17, 15) is 4.79 Å². The number of rotatable bonds is 1. The molecule has 0 aliphatic carbocycles. The lowest BCUT2D eigenvalue weighted by Gasteiger charge is -2.42. The lowest BCUT2D eigenvalue weighted by molar-refractivity contribution is -0.134. The average Bonchev–Trinajstić information content (AvgIpc) is 2.48. The van der Waals surface area contributed by atoms with Crippen molar-refractivity contribution in [3.8, 4) is 5.75 Å². The Labute approximate surface area is 120 Å². The number of piperidine rings is 1. The van der Waals surface area contributed by atoms with Crippen LogP contribution in [-0.4, -0.2) is 23.5 Å². The molecule has 0 saturated carbocycles. The van der Waals surface area contributed by atoms with Crippen molar-refractivity contribution in [2.45, 2.75) is 45.2 Å². The molecule has 1 saturated heterocycles. The molecule has 0 radical (unpaired) electrons. The predicted octanol–water partition coefficient (Wildman–Crippen LogP) is 3.47. The van der Waals surface area contributed by atoms with Crippen LogP contribution in [-0.2, 0) is 4.79 Å². The van der Waals surface area contributed by atoms with E-state index in [0.29, 0.717) is 12.6 Å². The van der Waals surface area contributed by atoms with Crippen molar-refractivity contribution in [3.63, 3.8) is 0 Å². The zero-order valence-electron chi connectivity index (χ0n) is 12.1. The van der Waals surface area contributed by atoms with Crippen molar-refractivity contribution < 1.29 is 9.53 Å². The maximum Gasteiger partial charge on any atom is 0.250 e. The number of carbonyl (C=O) groups excluding carboxylic acids is 1. The fraction of sp³-hybridized carbons (Fsp3) is 0.471. The fourth-order valence-electron chi connectivity index (χ4n) is 3.31. The van der Waals surface area contributed by atoms with Gasteiger partial charge in [-0.05, 0) is 32.8 Å². The first-order chi connectivity index (χ1) is 9.72. The summed E-state index contributed by atoms with van der Waals surface area (Å²) in [5.74, 6) is 1.13. The van der Waals surface area contributed by atoms with Gasteiger partial charge in [0.2, 0.25) is 5.91 Å². The lowest BCUT2D eigenvalue weighted by Crippen LogP contribution is -2.46. The third-order valence-electron chi connectivity index (χ3n) is 4.43. The number of nitrogens with zero attached hydrogens (tertiary/aromatic N) is 1. The number of benzene rings is 1. The Morgan fingerprint density at radius 2 is 2.10 bits per heavy atom. The summed E-state index contributed by atoms with van der Waals surface area (Å²) in [6.07, 6.45) is 4.79. The summed E-state index contributed by atoms with van der Waals surface area (Å²) < 4.78 is 5.72. The van der Waals surface area contributed by atoms with Crippen molar-refractivity contribution in [1.82, 2.24) is 4.90 Å². The molecule has 0 aromatic heterocycles. The Bertz CT molecular complexity index is 550. The Hall–Kier alpha value is -1.77. The number of carbonyl (C=O) groups is 1. The minimum absolute atomic E-state index is 0.151. The second-order valence-electron chi connectivity index (χ2n) is 5.60. The summed E-state index contributed by atoms with van der Waals surface area (Å²) in [6.45, 7) is 4.80. The summed E-state index contributed by atoms with van der Waals surface area (Å²) in [7, 11) is 0. The third-order valence-corrected chi connectivity index (χ3v) is 4.43. The monoisotopic (exact) mass is 271 g/mol. The molecule has 106 valence electrons. The van der Waals surface area contributed by atoms with Gasteiger partial charge in [0.25, 0.3) is 0 Å². The van der Waals surface area contributed by atoms with E-state index >= 15 is 0 Å². The Morgan fingerprint density at radius 1 is 1.30 bits per heavy atom. The second kappa shape index (κ2) is 5.31. The van der Waals surface area contributed by atoms with Gasteiger partial charge in [0.05, 0.1) is 12.6 Å². The molecule has 2 aliphatic rings. The smallest absolute Gasteiger partial charge is 0.250 e. The molecule has 2 aliphatic heterocycles. The van der Waals surface area contributed by atoms with Crippen molar-refractivity contribution >= 4 is 5.91 Å². The molecule has 3 heteroatoms. The summed E-state index contributed by atoms with van der Waals surface area (Å²) in [4.78, 5) is 14.8. The van der Waals surface area contributed by atoms with Crippen molar-refractivity contribution in [2.75, 3.05) is 6.61 Å². The standard InChI is InChI=1S/C17H21NO2/c1-3-13-9-8-12(2)18(17(13)19)15-10-11-20-16-7-5-4-6-14(15)16/h3-7,12,15H,8-11H2,1-2H3/b13-3+/t12-,15?/m0/s1. The molecular weight excluding hydrogens is 250 g/mol. The summed E-state index contributed by atoms with van der Waals surface area (Å²) in [6, 6.07) is 8.54. The number of likely N-dealkylation sites (tertiary alicyclic amines) is 1. The Morgan fingerprint density at radius 3 is 2.90 bits per heavy atom. The maximum absolute atomic E-state index is 12.7. The fourth-order valence-corrected chi connectivity index (χ4v) is 3.31. The number of para-hydroxylation sites is 1. The topological polar surface area (TPSA) is 29.5 Å². The first-order valence-corrected chi connectivity index (χ1v) is 7.42. The van der Waals surface area contributed by atoms with Gasteiger partial charge in [-0.2, -0.15) is 0 Å². The van der Waals surface area contributed by atoms with Gasteiger partial charge in [-0.3, -0.25) is 4.79 Å². The summed E-state index contributed by atoms with van der Waals surface area (Å²) in [5.41, 5.74) is 2.10. The second-order valence-corrected chi connectivity index (χ2v) is 5.60. The van der Waals surface area contributed by atoms with Crippen LogP contribution < -0.4 is 4.74 Å². The predicted molar refractivity (Wildman–Crippen MR) is 78.6 cm³/mol. The summed E-state index contributed by atoms with van der Waals surface area (Å²) >= 11 is 0. The molecule has 2 atom stereocenters. The van der Waals surface area contributed by atoms with Crippen LogP contribution in [0.3, 0.4) is 0 Å². The zero-order valence-corrected chi connectivity index (χ0v) is 12.1. The van der Waals surface area contributed by atoms with E-state index in [4.69, 9.17) is 4.74 Å². The van der Waals surface area contributed by atoms with Crippen LogP contribution in [0.2, 0.25) is 0 Å². The van der Waals surface area contributed by atoms with Gasteiger partial charge < -0.3 is 9.64 Å². The number of amides is 1. The van der Waals surface area contributed by atoms with Gasteiger partial charge in [0.15, 0.2) is 0 Å². The van der Waals surface area contributed by atoms with Crippen LogP contribution >= 0.6 is 0 Å². The quantitative estimate of drug-likeness (QED) is 0.732. The molecule has 2 heterocycles. The van der Waals surface area contributed by atoms with E-state index in [1.165, 1.54) is 0 Å². The van der Waals surface area contributed by atoms with Crippen LogP contribution in [0.15, 0.2) is 35.9 Å². The third kappa shape index (κ3) is 2.11. The molecule has 0 N–H and O–H groups in total. The molecule has 0 bridgehead atoms. The number of ether oxygens (including phenoxy) is 1. The molecule has 1 fully saturated rings. The SMILES string of the molecule is C/C=C1\CC[C@H](C)N(C2CCOc3ccccc32)C1=O. The van der Waals surface area contributed by atoms with E-state index in [-0.39, 0.29) is 11.9 Å². The molecule has 20 heavy (non-hydrogen) atoms. The van der Waals surface area contributed by atoms with Gasteiger partial charge in [0, 0.05) is 23.6 Å². The molecule has 1 amide bonds. The van der Waals surface area contributed by atoms with Crippen LogP contribution in [0.4, 0.5) is 0 Å². The van der Waals surface area contributed by atoms with Gasteiger partial charge in [-0.15, -0.1) is 0 Å². The lowest BCUT2D eigenvalue weighted by atomic mass is 9.91. The molecule has 3 nitrogen and oxygen atoms in total. The highest BCUT2D eigenvalue weighted by Gasteiger charge is 2.36. The molecule has 3 rings (SSSR count). The van der Waals surface area contributed by atoms with E-state index < -0.39 is 0 Å². The van der Waals surface area contributed by atoms with Crippen LogP contribution in [0, 0.1) is 0 Å². The van der Waals surface area contributed by atoms with E-state index in [2.05, 4.69) is 17.9 Å². The van der Waals surface area contributed by atoms with Crippen molar-refractivity contribution in [1.29, 1.82) is 0 Å². The molecule has 1 aromatic carbocycles. The first-order valence-electron chi connectivity index (χ1n) is 7.42. The van der Waals surface area contributed by atoms with Gasteiger partial charge in [-0.1, -0.05) is 24.3 Å². The highest BCUT2D eigenvalue weighted by molar-refractivity contribution is 5.94. The first kappa shape index (κ1) is 13.2. The minimum atomic E-state index is 0.151. The van der Waals surface area contributed by atoms with Gasteiger partial charge in [0.1, 0.15) is 5.75 Å². The van der Waals surface area contributed by atoms with Gasteiger partial charge >= 0.3 is 0 Å². The highest BCUT2D eigenvalue weighted by atomic mass is 16.5. The Kier molecular flexibility index (Phi) is 3.51. The molecule has 0 spiro atoms. The highest BCUT2D eigenvalue weighted by Crippen LogP contribution is 2.39. The zero-order chi connectivity index (χ0) is 14.1. The van der Waals surface area contributed by atoms with Crippen LogP contribution in [0.1, 0.15) is 44.7 Å². The molecule has 1 unspecified atom stereocenters. The normalized spacial score (nSPS) is 28.2. The summed E-state index contributed by atoms with van der Waals surface area (Å²) in [5, 5.41) is 0. The number of allylic oxidation sites excluding steroid dienone is 1. The largest absolute Gasteiger partial charge is 0.493 e. The number of hydrogen-bond acceptors (Lipinski definition) is 2. The average molecular weight is 271 g/mol. The maximum atomic E-state index is 12.7. The van der Waals surface area contributed by atoms with Crippen LogP contribution in [0.25, 0.3) is 0 Å².